The first-order chi connectivity index (χ1) is 12.1. The number of amides is 1. The van der Waals surface area contributed by atoms with Crippen molar-refractivity contribution in [2.75, 3.05) is 12.1 Å². The predicted octanol–water partition coefficient (Wildman–Crippen LogP) is 4.56. The maximum Gasteiger partial charge on any atom is 0.231 e. The number of benzene rings is 2. The molecule has 0 atom stereocenters. The van der Waals surface area contributed by atoms with E-state index in [4.69, 9.17) is 25.5 Å². The van der Waals surface area contributed by atoms with Gasteiger partial charge in [0.05, 0.1) is 23.4 Å². The van der Waals surface area contributed by atoms with Crippen LogP contribution < -0.4 is 14.8 Å². The first-order valence-corrected chi connectivity index (χ1v) is 8.40. The zero-order valence-corrected chi connectivity index (χ0v) is 14.4. The van der Waals surface area contributed by atoms with Gasteiger partial charge in [0.1, 0.15) is 5.58 Å². The molecule has 128 valence electrons. The molecule has 1 aromatic heterocycles. The number of hydrogen-bond acceptors (Lipinski definition) is 4. The van der Waals surface area contributed by atoms with Crippen molar-refractivity contribution in [1.82, 2.24) is 0 Å². The SMILES string of the molecule is CCc1ccc2c(CC(=O)Nc3cc4c(cc3Cl)OCO4)coc2c1. The van der Waals surface area contributed by atoms with Gasteiger partial charge in [0, 0.05) is 23.1 Å². The van der Waals surface area contributed by atoms with Gasteiger partial charge < -0.3 is 19.2 Å². The van der Waals surface area contributed by atoms with E-state index in [0.717, 1.165) is 23.0 Å². The summed E-state index contributed by atoms with van der Waals surface area (Å²) in [6, 6.07) is 9.36. The highest BCUT2D eigenvalue weighted by Gasteiger charge is 2.18. The molecule has 1 aliphatic rings. The standard InChI is InChI=1S/C19H16ClNO4/c1-2-11-3-4-13-12(9-23-16(13)5-11)6-19(22)21-15-8-18-17(7-14(15)20)24-10-25-18/h3-5,7-9H,2,6,10H2,1H3,(H,21,22). The number of rotatable bonds is 4. The van der Waals surface area contributed by atoms with Crippen LogP contribution in [-0.4, -0.2) is 12.7 Å². The molecule has 1 aliphatic heterocycles. The fraction of sp³-hybridized carbons (Fsp3) is 0.211. The third-order valence-electron chi connectivity index (χ3n) is 4.22. The Hall–Kier alpha value is -2.66. The molecule has 1 amide bonds. The Morgan fingerprint density at radius 1 is 1.20 bits per heavy atom. The molecule has 0 saturated carbocycles. The van der Waals surface area contributed by atoms with Crippen LogP contribution in [0.2, 0.25) is 5.02 Å². The van der Waals surface area contributed by atoms with E-state index in [1.54, 1.807) is 18.4 Å². The van der Waals surface area contributed by atoms with Gasteiger partial charge in [0.15, 0.2) is 11.5 Å². The van der Waals surface area contributed by atoms with Crippen LogP contribution in [0.1, 0.15) is 18.1 Å². The van der Waals surface area contributed by atoms with E-state index < -0.39 is 0 Å². The molecule has 25 heavy (non-hydrogen) atoms. The molecule has 1 N–H and O–H groups in total. The van der Waals surface area contributed by atoms with Crippen molar-refractivity contribution >= 4 is 34.2 Å². The molecule has 0 spiro atoms. The Labute approximate surface area is 149 Å². The summed E-state index contributed by atoms with van der Waals surface area (Å²) in [7, 11) is 0. The smallest absolute Gasteiger partial charge is 0.231 e. The van der Waals surface area contributed by atoms with Crippen LogP contribution in [0.3, 0.4) is 0 Å². The maximum absolute atomic E-state index is 12.4. The zero-order valence-electron chi connectivity index (χ0n) is 13.6. The van der Waals surface area contributed by atoms with E-state index in [0.29, 0.717) is 22.2 Å². The number of furan rings is 1. The minimum absolute atomic E-state index is 0.157. The number of carbonyl (C=O) groups excluding carboxylic acids is 1. The molecule has 4 rings (SSSR count). The lowest BCUT2D eigenvalue weighted by molar-refractivity contribution is -0.115. The second-order valence-corrected chi connectivity index (χ2v) is 6.26. The number of nitrogens with one attached hydrogen (secondary N) is 1. The van der Waals surface area contributed by atoms with Gasteiger partial charge in [0.25, 0.3) is 0 Å². The normalized spacial score (nSPS) is 12.6. The Morgan fingerprint density at radius 2 is 2.00 bits per heavy atom. The molecule has 0 fully saturated rings. The molecular weight excluding hydrogens is 342 g/mol. The summed E-state index contributed by atoms with van der Waals surface area (Å²) in [4.78, 5) is 12.4. The van der Waals surface area contributed by atoms with Crippen molar-refractivity contribution in [3.63, 3.8) is 0 Å². The second-order valence-electron chi connectivity index (χ2n) is 5.86. The predicted molar refractivity (Wildman–Crippen MR) is 95.5 cm³/mol. The summed E-state index contributed by atoms with van der Waals surface area (Å²) in [5, 5.41) is 4.17. The van der Waals surface area contributed by atoms with Crippen LogP contribution in [0.5, 0.6) is 11.5 Å². The third-order valence-corrected chi connectivity index (χ3v) is 4.53. The van der Waals surface area contributed by atoms with Crippen molar-refractivity contribution in [3.8, 4) is 11.5 Å². The summed E-state index contributed by atoms with van der Waals surface area (Å²) in [6.07, 6.45) is 2.77. The lowest BCUT2D eigenvalue weighted by Gasteiger charge is -2.08. The van der Waals surface area contributed by atoms with Crippen molar-refractivity contribution in [2.24, 2.45) is 0 Å². The minimum Gasteiger partial charge on any atom is -0.464 e. The van der Waals surface area contributed by atoms with Crippen LogP contribution in [0, 0.1) is 0 Å². The van der Waals surface area contributed by atoms with E-state index in [9.17, 15) is 4.79 Å². The average molecular weight is 358 g/mol. The van der Waals surface area contributed by atoms with E-state index in [2.05, 4.69) is 12.2 Å². The van der Waals surface area contributed by atoms with Crippen molar-refractivity contribution < 1.29 is 18.7 Å². The van der Waals surface area contributed by atoms with E-state index in [1.807, 2.05) is 18.2 Å². The van der Waals surface area contributed by atoms with Crippen molar-refractivity contribution in [2.45, 2.75) is 19.8 Å². The highest BCUT2D eigenvalue weighted by atomic mass is 35.5. The Bertz CT molecular complexity index is 963. The zero-order chi connectivity index (χ0) is 17.4. The number of ether oxygens (including phenoxy) is 2. The Balaban J connectivity index is 1.53. The lowest BCUT2D eigenvalue weighted by atomic mass is 10.1. The molecule has 0 unspecified atom stereocenters. The summed E-state index contributed by atoms with van der Waals surface area (Å²) in [5.41, 5.74) is 3.33. The molecule has 5 nitrogen and oxygen atoms in total. The molecule has 0 radical (unpaired) electrons. The number of aryl methyl sites for hydroxylation is 1. The molecule has 2 heterocycles. The molecule has 0 bridgehead atoms. The monoisotopic (exact) mass is 357 g/mol. The van der Waals surface area contributed by atoms with Crippen LogP contribution in [0.25, 0.3) is 11.0 Å². The van der Waals surface area contributed by atoms with Crippen molar-refractivity contribution in [1.29, 1.82) is 0 Å². The van der Waals surface area contributed by atoms with Crippen LogP contribution in [0.4, 0.5) is 5.69 Å². The van der Waals surface area contributed by atoms with E-state index in [1.165, 1.54) is 5.56 Å². The fourth-order valence-electron chi connectivity index (χ4n) is 2.86. The fourth-order valence-corrected chi connectivity index (χ4v) is 3.07. The van der Waals surface area contributed by atoms with Gasteiger partial charge in [-0.15, -0.1) is 0 Å². The molecule has 0 aliphatic carbocycles. The maximum atomic E-state index is 12.4. The van der Waals surface area contributed by atoms with Gasteiger partial charge in [-0.3, -0.25) is 4.79 Å². The van der Waals surface area contributed by atoms with Crippen LogP contribution >= 0.6 is 11.6 Å². The van der Waals surface area contributed by atoms with Crippen molar-refractivity contribution in [3.05, 3.63) is 52.7 Å². The quantitative estimate of drug-likeness (QED) is 0.743. The summed E-state index contributed by atoms with van der Waals surface area (Å²) >= 11 is 6.19. The second kappa shape index (κ2) is 6.33. The number of hydrogen-bond donors (Lipinski definition) is 1. The Kier molecular flexibility index (Phi) is 4.01. The number of anilines is 1. The van der Waals surface area contributed by atoms with Crippen LogP contribution in [0.15, 0.2) is 41.0 Å². The summed E-state index contributed by atoms with van der Waals surface area (Å²) in [6.45, 7) is 2.25. The summed E-state index contributed by atoms with van der Waals surface area (Å²) in [5.74, 6) is 0.971. The third kappa shape index (κ3) is 3.03. The molecule has 2 aromatic carbocycles. The Morgan fingerprint density at radius 3 is 2.80 bits per heavy atom. The molecule has 6 heteroatoms. The number of fused-ring (bicyclic) bond motifs is 2. The highest BCUT2D eigenvalue weighted by molar-refractivity contribution is 6.34. The molecule has 3 aromatic rings. The topological polar surface area (TPSA) is 60.7 Å². The number of carbonyl (C=O) groups is 1. The lowest BCUT2D eigenvalue weighted by Crippen LogP contribution is -2.14. The van der Waals surface area contributed by atoms with Gasteiger partial charge >= 0.3 is 0 Å². The number of halogens is 1. The highest BCUT2D eigenvalue weighted by Crippen LogP contribution is 2.39. The molecular formula is C19H16ClNO4. The first kappa shape index (κ1) is 15.8. The summed E-state index contributed by atoms with van der Waals surface area (Å²) < 4.78 is 16.2. The van der Waals surface area contributed by atoms with Gasteiger partial charge in [-0.2, -0.15) is 0 Å². The minimum atomic E-state index is -0.178. The van der Waals surface area contributed by atoms with Gasteiger partial charge in [0.2, 0.25) is 12.7 Å². The average Bonchev–Trinajstić information content (AvgIpc) is 3.21. The van der Waals surface area contributed by atoms with Gasteiger partial charge in [-0.05, 0) is 18.1 Å². The van der Waals surface area contributed by atoms with Gasteiger partial charge in [-0.1, -0.05) is 30.7 Å². The largest absolute Gasteiger partial charge is 0.464 e. The molecule has 0 saturated heterocycles. The van der Waals surface area contributed by atoms with E-state index >= 15 is 0 Å². The van der Waals surface area contributed by atoms with E-state index in [-0.39, 0.29) is 19.1 Å². The first-order valence-electron chi connectivity index (χ1n) is 8.02. The van der Waals surface area contributed by atoms with Crippen LogP contribution in [-0.2, 0) is 17.6 Å². The van der Waals surface area contributed by atoms with Gasteiger partial charge in [-0.25, -0.2) is 0 Å².